The molecule has 0 saturated carbocycles. The molecule has 0 aliphatic heterocycles. The van der Waals surface area contributed by atoms with Gasteiger partial charge in [-0.05, 0) is 73.3 Å². The molecule has 5 aromatic rings. The summed E-state index contributed by atoms with van der Waals surface area (Å²) in [6.45, 7) is 6.78. The Morgan fingerprint density at radius 2 is 1.08 bits per heavy atom. The van der Waals surface area contributed by atoms with Gasteiger partial charge in [0.15, 0.2) is 0 Å². The third-order valence-corrected chi connectivity index (χ3v) is 7.09. The van der Waals surface area contributed by atoms with Crippen LogP contribution in [0.5, 0.6) is 0 Å². The molecule has 37 heavy (non-hydrogen) atoms. The first-order valence-electron chi connectivity index (χ1n) is 12.8. The molecule has 5 aromatic carbocycles. The van der Waals surface area contributed by atoms with Crippen molar-refractivity contribution in [3.05, 3.63) is 115 Å². The van der Waals surface area contributed by atoms with Gasteiger partial charge in [0.25, 0.3) is 0 Å². The number of benzene rings is 5. The van der Waals surface area contributed by atoms with Crippen LogP contribution in [-0.2, 0) is 5.41 Å². The lowest BCUT2D eigenvalue weighted by Crippen LogP contribution is -3.00. The highest BCUT2D eigenvalue weighted by Gasteiger charge is 2.15. The van der Waals surface area contributed by atoms with E-state index >= 15 is 0 Å². The Labute approximate surface area is 239 Å². The number of quaternary nitrogens is 1. The first-order valence-corrected chi connectivity index (χ1v) is 12.8. The summed E-state index contributed by atoms with van der Waals surface area (Å²) in [6, 6.07) is 40.3. The first kappa shape index (κ1) is 27.1. The molecule has 0 spiro atoms. The van der Waals surface area contributed by atoms with Gasteiger partial charge in [-0.3, -0.25) is 4.48 Å². The number of rotatable bonds is 4. The standard InChI is InChI=1S/C35H36N.HI/c1-35(2,3)31-19-16-25(17-20-31)26-10-7-12-29(22-26)33-15-9-13-30-23-28(18-21-34(30)33)27-11-8-14-32(24-27)36(4,5)6;/h7-24H,1-6H3;1H/q+1;/p-1. The van der Waals surface area contributed by atoms with Crippen molar-refractivity contribution in [1.82, 2.24) is 4.48 Å². The van der Waals surface area contributed by atoms with E-state index in [4.69, 9.17) is 0 Å². The minimum Gasteiger partial charge on any atom is -1.00 e. The second-order valence-corrected chi connectivity index (χ2v) is 11.7. The van der Waals surface area contributed by atoms with Gasteiger partial charge < -0.3 is 24.0 Å². The zero-order valence-corrected chi connectivity index (χ0v) is 24.9. The summed E-state index contributed by atoms with van der Waals surface area (Å²) < 4.78 is 0.806. The minimum atomic E-state index is 0. The van der Waals surface area contributed by atoms with Crippen molar-refractivity contribution in [2.75, 3.05) is 21.1 Å². The lowest BCUT2D eigenvalue weighted by Gasteiger charge is -2.23. The molecule has 0 aliphatic carbocycles. The summed E-state index contributed by atoms with van der Waals surface area (Å²) >= 11 is 0. The largest absolute Gasteiger partial charge is 1.00 e. The molecule has 0 atom stereocenters. The maximum absolute atomic E-state index is 2.32. The highest BCUT2D eigenvalue weighted by Crippen LogP contribution is 2.35. The van der Waals surface area contributed by atoms with Crippen LogP contribution in [0.25, 0.3) is 44.2 Å². The number of halogens is 1. The lowest BCUT2D eigenvalue weighted by molar-refractivity contribution is -0.00000771. The van der Waals surface area contributed by atoms with E-state index in [1.54, 1.807) is 0 Å². The number of fused-ring (bicyclic) bond motifs is 1. The summed E-state index contributed by atoms with van der Waals surface area (Å²) in [4.78, 5) is 0. The predicted molar refractivity (Wildman–Crippen MR) is 159 cm³/mol. The summed E-state index contributed by atoms with van der Waals surface area (Å²) in [5.74, 6) is 0. The summed E-state index contributed by atoms with van der Waals surface area (Å²) in [5, 5.41) is 2.55. The van der Waals surface area contributed by atoms with Crippen molar-refractivity contribution >= 4 is 16.5 Å². The molecule has 0 aromatic heterocycles. The Bertz CT molecular complexity index is 1530. The van der Waals surface area contributed by atoms with Crippen molar-refractivity contribution < 1.29 is 24.0 Å². The van der Waals surface area contributed by atoms with E-state index in [2.05, 4.69) is 151 Å². The van der Waals surface area contributed by atoms with Crippen molar-refractivity contribution in [3.8, 4) is 33.4 Å². The summed E-state index contributed by atoms with van der Waals surface area (Å²) in [7, 11) is 6.62. The third-order valence-electron chi connectivity index (χ3n) is 7.09. The van der Waals surface area contributed by atoms with Crippen LogP contribution in [0.2, 0.25) is 0 Å². The predicted octanol–water partition coefficient (Wildman–Crippen LogP) is 6.34. The van der Waals surface area contributed by atoms with E-state index in [9.17, 15) is 0 Å². The van der Waals surface area contributed by atoms with E-state index in [1.807, 2.05) is 0 Å². The van der Waals surface area contributed by atoms with E-state index in [0.717, 1.165) is 4.48 Å². The number of nitrogens with zero attached hydrogens (tertiary/aromatic N) is 1. The molecule has 1 nitrogen and oxygen atoms in total. The van der Waals surface area contributed by atoms with Crippen molar-refractivity contribution in [1.29, 1.82) is 0 Å². The average molecular weight is 598 g/mol. The van der Waals surface area contributed by atoms with Crippen LogP contribution >= 0.6 is 0 Å². The highest BCUT2D eigenvalue weighted by molar-refractivity contribution is 5.99. The summed E-state index contributed by atoms with van der Waals surface area (Å²) in [6.07, 6.45) is 0. The van der Waals surface area contributed by atoms with Crippen LogP contribution in [0, 0.1) is 0 Å². The number of hydrogen-bond donors (Lipinski definition) is 0. The van der Waals surface area contributed by atoms with Crippen LogP contribution in [-0.4, -0.2) is 21.1 Å². The SMILES string of the molecule is CC(C)(C)c1ccc(-c2cccc(-c3cccc4cc(-c5cccc([N+](C)(C)C)c5)ccc34)c2)cc1.[I-]. The van der Waals surface area contributed by atoms with Crippen LogP contribution in [0.3, 0.4) is 0 Å². The van der Waals surface area contributed by atoms with Gasteiger partial charge in [-0.15, -0.1) is 0 Å². The highest BCUT2D eigenvalue weighted by atomic mass is 127. The Hall–Kier alpha value is -2.95. The molecule has 0 amide bonds. The normalized spacial score (nSPS) is 11.8. The Morgan fingerprint density at radius 1 is 0.514 bits per heavy atom. The van der Waals surface area contributed by atoms with Crippen LogP contribution in [0.15, 0.2) is 109 Å². The van der Waals surface area contributed by atoms with Gasteiger partial charge in [-0.2, -0.15) is 0 Å². The number of hydrogen-bond acceptors (Lipinski definition) is 0. The molecule has 188 valence electrons. The van der Waals surface area contributed by atoms with Crippen molar-refractivity contribution in [2.24, 2.45) is 0 Å². The van der Waals surface area contributed by atoms with Crippen LogP contribution in [0.4, 0.5) is 5.69 Å². The molecule has 0 N–H and O–H groups in total. The zero-order chi connectivity index (χ0) is 25.5. The quantitative estimate of drug-likeness (QED) is 0.168. The molecule has 0 fully saturated rings. The molecule has 0 radical (unpaired) electrons. The summed E-state index contributed by atoms with van der Waals surface area (Å²) in [5.41, 5.74) is 10.4. The molecule has 0 saturated heterocycles. The molecular formula is C35H36IN. The molecule has 0 bridgehead atoms. The van der Waals surface area contributed by atoms with Crippen molar-refractivity contribution in [3.63, 3.8) is 0 Å². The molecule has 2 heteroatoms. The maximum Gasteiger partial charge on any atom is 0.132 e. The van der Waals surface area contributed by atoms with E-state index < -0.39 is 0 Å². The first-order chi connectivity index (χ1) is 17.1. The molecule has 5 rings (SSSR count). The average Bonchev–Trinajstić information content (AvgIpc) is 2.87. The van der Waals surface area contributed by atoms with Gasteiger partial charge in [0.05, 0.1) is 21.1 Å². The smallest absolute Gasteiger partial charge is 0.132 e. The van der Waals surface area contributed by atoms with Crippen LogP contribution < -0.4 is 28.5 Å². The minimum absolute atomic E-state index is 0. The Morgan fingerprint density at radius 3 is 1.76 bits per heavy atom. The fourth-order valence-electron chi connectivity index (χ4n) is 4.85. The lowest BCUT2D eigenvalue weighted by atomic mass is 9.86. The van der Waals surface area contributed by atoms with Gasteiger partial charge in [0.1, 0.15) is 5.69 Å². The second kappa shape index (κ2) is 10.4. The van der Waals surface area contributed by atoms with Crippen LogP contribution in [0.1, 0.15) is 26.3 Å². The monoisotopic (exact) mass is 597 g/mol. The fraction of sp³-hybridized carbons (Fsp3) is 0.200. The molecule has 0 heterocycles. The van der Waals surface area contributed by atoms with E-state index in [-0.39, 0.29) is 29.4 Å². The van der Waals surface area contributed by atoms with Gasteiger partial charge in [-0.1, -0.05) is 106 Å². The third kappa shape index (κ3) is 5.81. The topological polar surface area (TPSA) is 0 Å². The fourth-order valence-corrected chi connectivity index (χ4v) is 4.85. The maximum atomic E-state index is 2.32. The molecule has 0 unspecified atom stereocenters. The van der Waals surface area contributed by atoms with Gasteiger partial charge in [0, 0.05) is 6.07 Å². The van der Waals surface area contributed by atoms with E-state index in [1.165, 1.54) is 55.4 Å². The zero-order valence-electron chi connectivity index (χ0n) is 22.7. The molecular weight excluding hydrogens is 561 g/mol. The van der Waals surface area contributed by atoms with Crippen molar-refractivity contribution in [2.45, 2.75) is 26.2 Å². The van der Waals surface area contributed by atoms with E-state index in [0.29, 0.717) is 0 Å². The Kier molecular flexibility index (Phi) is 7.64. The van der Waals surface area contributed by atoms with Gasteiger partial charge >= 0.3 is 0 Å². The second-order valence-electron chi connectivity index (χ2n) is 11.7. The van der Waals surface area contributed by atoms with Gasteiger partial charge in [0.2, 0.25) is 0 Å². The van der Waals surface area contributed by atoms with Gasteiger partial charge in [-0.25, -0.2) is 0 Å². The Balaban J connectivity index is 0.00000320. The molecule has 0 aliphatic rings.